The fourth-order valence-electron chi connectivity index (χ4n) is 3.29. The first-order valence-corrected chi connectivity index (χ1v) is 8.15. The smallest absolute Gasteiger partial charge is 0.0131 e. The Labute approximate surface area is 120 Å². The lowest BCUT2D eigenvalue weighted by Crippen LogP contribution is -2.24. The van der Waals surface area contributed by atoms with Gasteiger partial charge in [0.1, 0.15) is 0 Å². The Balaban J connectivity index is 0.000000861. The van der Waals surface area contributed by atoms with E-state index in [2.05, 4.69) is 52.8 Å². The summed E-state index contributed by atoms with van der Waals surface area (Å²) < 4.78 is 0. The van der Waals surface area contributed by atoms with Gasteiger partial charge in [-0.25, -0.2) is 0 Å². The number of hydrogen-bond acceptors (Lipinski definition) is 0. The molecule has 0 saturated heterocycles. The lowest BCUT2D eigenvalue weighted by molar-refractivity contribution is 0.310. The number of fused-ring (bicyclic) bond motifs is 1. The summed E-state index contributed by atoms with van der Waals surface area (Å²) in [5.41, 5.74) is 4.66. The SMILES string of the molecule is CC.CCC(C)C1CC(C)C(C)c2cc(C)ccc21. The van der Waals surface area contributed by atoms with Crippen LogP contribution in [0.4, 0.5) is 0 Å². The summed E-state index contributed by atoms with van der Waals surface area (Å²) in [4.78, 5) is 0. The molecule has 0 spiro atoms. The van der Waals surface area contributed by atoms with Crippen LogP contribution in [-0.2, 0) is 0 Å². The van der Waals surface area contributed by atoms with Crippen LogP contribution in [0, 0.1) is 18.8 Å². The lowest BCUT2D eigenvalue weighted by Gasteiger charge is -2.37. The van der Waals surface area contributed by atoms with Crippen molar-refractivity contribution < 1.29 is 0 Å². The molecule has 1 aliphatic rings. The van der Waals surface area contributed by atoms with Crippen LogP contribution in [0.2, 0.25) is 0 Å². The molecular formula is C19H32. The van der Waals surface area contributed by atoms with Crippen LogP contribution in [-0.4, -0.2) is 0 Å². The van der Waals surface area contributed by atoms with E-state index in [1.165, 1.54) is 18.4 Å². The van der Waals surface area contributed by atoms with Crippen molar-refractivity contribution in [3.8, 4) is 0 Å². The average Bonchev–Trinajstić information content (AvgIpc) is 2.44. The molecule has 2 rings (SSSR count). The molecular weight excluding hydrogens is 228 g/mol. The minimum atomic E-state index is 0.727. The van der Waals surface area contributed by atoms with Crippen LogP contribution >= 0.6 is 0 Å². The highest BCUT2D eigenvalue weighted by Crippen LogP contribution is 2.46. The van der Waals surface area contributed by atoms with Gasteiger partial charge in [0, 0.05) is 0 Å². The minimum Gasteiger partial charge on any atom is -0.0683 e. The standard InChI is InChI=1S/C17H26.C2H6/c1-6-12(3)16-10-13(4)14(5)17-9-11(2)7-8-15(16)17;1-2/h7-9,12-14,16H,6,10H2,1-5H3;1-2H3. The molecule has 0 fully saturated rings. The summed E-state index contributed by atoms with van der Waals surface area (Å²) in [6.45, 7) is 15.8. The summed E-state index contributed by atoms with van der Waals surface area (Å²) in [7, 11) is 0. The molecule has 0 heteroatoms. The molecule has 1 aromatic carbocycles. The Morgan fingerprint density at radius 3 is 2.37 bits per heavy atom. The van der Waals surface area contributed by atoms with Gasteiger partial charge in [-0.05, 0) is 48.1 Å². The Bertz CT molecular complexity index is 391. The van der Waals surface area contributed by atoms with Gasteiger partial charge in [-0.3, -0.25) is 0 Å². The predicted octanol–water partition coefficient (Wildman–Crippen LogP) is 6.29. The van der Waals surface area contributed by atoms with E-state index in [0.29, 0.717) is 0 Å². The number of hydrogen-bond donors (Lipinski definition) is 0. The second-order valence-electron chi connectivity index (χ2n) is 6.13. The van der Waals surface area contributed by atoms with Crippen LogP contribution < -0.4 is 0 Å². The Morgan fingerprint density at radius 2 is 1.79 bits per heavy atom. The predicted molar refractivity (Wildman–Crippen MR) is 86.9 cm³/mol. The third kappa shape index (κ3) is 3.41. The van der Waals surface area contributed by atoms with Crippen molar-refractivity contribution in [3.63, 3.8) is 0 Å². The second-order valence-corrected chi connectivity index (χ2v) is 6.13. The maximum Gasteiger partial charge on any atom is -0.0131 e. The van der Waals surface area contributed by atoms with Crippen molar-refractivity contribution in [2.24, 2.45) is 11.8 Å². The van der Waals surface area contributed by atoms with E-state index in [9.17, 15) is 0 Å². The molecule has 0 radical (unpaired) electrons. The highest BCUT2D eigenvalue weighted by molar-refractivity contribution is 5.39. The zero-order valence-electron chi connectivity index (χ0n) is 14.0. The molecule has 1 aliphatic carbocycles. The van der Waals surface area contributed by atoms with E-state index in [1.54, 1.807) is 11.1 Å². The van der Waals surface area contributed by atoms with Crippen molar-refractivity contribution in [3.05, 3.63) is 34.9 Å². The van der Waals surface area contributed by atoms with Gasteiger partial charge in [0.15, 0.2) is 0 Å². The molecule has 19 heavy (non-hydrogen) atoms. The zero-order chi connectivity index (χ0) is 14.6. The monoisotopic (exact) mass is 260 g/mol. The van der Waals surface area contributed by atoms with Crippen molar-refractivity contribution >= 4 is 0 Å². The van der Waals surface area contributed by atoms with Gasteiger partial charge >= 0.3 is 0 Å². The summed E-state index contributed by atoms with van der Waals surface area (Å²) in [5.74, 6) is 3.14. The normalized spacial score (nSPS) is 27.0. The molecule has 0 N–H and O–H groups in total. The number of benzene rings is 1. The summed E-state index contributed by atoms with van der Waals surface area (Å²) in [5, 5.41) is 0. The quantitative estimate of drug-likeness (QED) is 0.586. The Morgan fingerprint density at radius 1 is 1.16 bits per heavy atom. The topological polar surface area (TPSA) is 0 Å². The Hall–Kier alpha value is -0.780. The molecule has 0 aromatic heterocycles. The molecule has 0 amide bonds. The first-order chi connectivity index (χ1) is 9.04. The first kappa shape index (κ1) is 16.3. The maximum absolute atomic E-state index is 2.42. The van der Waals surface area contributed by atoms with Gasteiger partial charge in [0.25, 0.3) is 0 Å². The average molecular weight is 260 g/mol. The minimum absolute atomic E-state index is 0.727. The molecule has 108 valence electrons. The summed E-state index contributed by atoms with van der Waals surface area (Å²) in [6, 6.07) is 7.10. The number of aryl methyl sites for hydroxylation is 1. The van der Waals surface area contributed by atoms with Gasteiger partial charge in [-0.2, -0.15) is 0 Å². The van der Waals surface area contributed by atoms with E-state index in [4.69, 9.17) is 0 Å². The second kappa shape index (κ2) is 7.12. The molecule has 4 atom stereocenters. The molecule has 1 aromatic rings. The van der Waals surface area contributed by atoms with Crippen molar-refractivity contribution in [1.29, 1.82) is 0 Å². The van der Waals surface area contributed by atoms with Gasteiger partial charge < -0.3 is 0 Å². The zero-order valence-corrected chi connectivity index (χ0v) is 14.0. The van der Waals surface area contributed by atoms with E-state index in [-0.39, 0.29) is 0 Å². The largest absolute Gasteiger partial charge is 0.0683 e. The molecule has 0 saturated carbocycles. The first-order valence-electron chi connectivity index (χ1n) is 8.15. The number of rotatable bonds is 2. The molecule has 4 unspecified atom stereocenters. The van der Waals surface area contributed by atoms with Crippen molar-refractivity contribution in [2.75, 3.05) is 0 Å². The lowest BCUT2D eigenvalue weighted by atomic mass is 9.67. The van der Waals surface area contributed by atoms with Crippen LogP contribution in [0.3, 0.4) is 0 Å². The highest BCUT2D eigenvalue weighted by atomic mass is 14.4. The van der Waals surface area contributed by atoms with Crippen LogP contribution in [0.25, 0.3) is 0 Å². The fraction of sp³-hybridized carbons (Fsp3) is 0.684. The molecule has 0 heterocycles. The summed E-state index contributed by atoms with van der Waals surface area (Å²) in [6.07, 6.45) is 2.66. The van der Waals surface area contributed by atoms with Gasteiger partial charge in [-0.1, -0.05) is 71.7 Å². The van der Waals surface area contributed by atoms with E-state index in [0.717, 1.165) is 23.7 Å². The van der Waals surface area contributed by atoms with Crippen LogP contribution in [0.1, 0.15) is 82.9 Å². The van der Waals surface area contributed by atoms with E-state index < -0.39 is 0 Å². The Kier molecular flexibility index (Phi) is 6.10. The van der Waals surface area contributed by atoms with Crippen LogP contribution in [0.5, 0.6) is 0 Å². The molecule has 0 nitrogen and oxygen atoms in total. The molecule has 0 bridgehead atoms. The highest BCUT2D eigenvalue weighted by Gasteiger charge is 2.32. The van der Waals surface area contributed by atoms with Crippen molar-refractivity contribution in [1.82, 2.24) is 0 Å². The van der Waals surface area contributed by atoms with E-state index in [1.807, 2.05) is 13.8 Å². The van der Waals surface area contributed by atoms with Gasteiger partial charge in [0.05, 0.1) is 0 Å². The van der Waals surface area contributed by atoms with Crippen molar-refractivity contribution in [2.45, 2.75) is 73.1 Å². The fourth-order valence-corrected chi connectivity index (χ4v) is 3.29. The van der Waals surface area contributed by atoms with Crippen LogP contribution in [0.15, 0.2) is 18.2 Å². The maximum atomic E-state index is 2.42. The molecule has 0 aliphatic heterocycles. The summed E-state index contributed by atoms with van der Waals surface area (Å²) >= 11 is 0. The third-order valence-corrected chi connectivity index (χ3v) is 4.94. The van der Waals surface area contributed by atoms with E-state index >= 15 is 0 Å². The van der Waals surface area contributed by atoms with Gasteiger partial charge in [-0.15, -0.1) is 0 Å². The van der Waals surface area contributed by atoms with Gasteiger partial charge in [0.2, 0.25) is 0 Å². The third-order valence-electron chi connectivity index (χ3n) is 4.94.